The zero-order chi connectivity index (χ0) is 28.6. The van der Waals surface area contributed by atoms with E-state index in [1.165, 1.54) is 52.2 Å². The molecule has 0 bridgehead atoms. The van der Waals surface area contributed by atoms with Crippen molar-refractivity contribution in [3.05, 3.63) is 109 Å². The molecule has 0 unspecified atom stereocenters. The minimum absolute atomic E-state index is 0.0156. The molecular weight excluding hydrogens is 609 g/mol. The van der Waals surface area contributed by atoms with E-state index in [0.29, 0.717) is 26.8 Å². The lowest BCUT2D eigenvalue weighted by Crippen LogP contribution is -2.30. The Morgan fingerprint density at radius 1 is 0.878 bits per heavy atom. The molecule has 0 fully saturated rings. The molecule has 4 heterocycles. The summed E-state index contributed by atoms with van der Waals surface area (Å²) in [5.41, 5.74) is 1.30. The third kappa shape index (κ3) is 5.61. The molecule has 6 rings (SSSR count). The van der Waals surface area contributed by atoms with E-state index < -0.39 is 21.7 Å². The number of carbonyl (C=O) groups is 1. The summed E-state index contributed by atoms with van der Waals surface area (Å²) in [5.74, 6) is -1.91. The molecule has 0 N–H and O–H groups in total. The van der Waals surface area contributed by atoms with Gasteiger partial charge < -0.3 is 4.90 Å². The second-order valence-corrected chi connectivity index (χ2v) is 13.7. The molecule has 0 spiro atoms. The Balaban J connectivity index is 1.42. The number of halogens is 2. The van der Waals surface area contributed by atoms with Crippen LogP contribution in [0.15, 0.2) is 76.0 Å². The average Bonchev–Trinajstić information content (AvgIpc) is 3.77. The van der Waals surface area contributed by atoms with Crippen LogP contribution in [0.4, 0.5) is 14.5 Å². The van der Waals surface area contributed by atoms with Crippen molar-refractivity contribution in [2.45, 2.75) is 24.5 Å². The van der Waals surface area contributed by atoms with Gasteiger partial charge >= 0.3 is 0 Å². The molecule has 1 aliphatic heterocycles. The Hall–Kier alpha value is -3.69. The van der Waals surface area contributed by atoms with Crippen molar-refractivity contribution in [3.63, 3.8) is 0 Å². The highest BCUT2D eigenvalue weighted by Gasteiger charge is 2.36. The van der Waals surface area contributed by atoms with Gasteiger partial charge in [-0.15, -0.1) is 34.0 Å². The van der Waals surface area contributed by atoms with Crippen molar-refractivity contribution in [2.75, 3.05) is 4.90 Å². The lowest BCUT2D eigenvalue weighted by molar-refractivity contribution is -0.113. The van der Waals surface area contributed by atoms with E-state index in [-0.39, 0.29) is 36.0 Å². The fourth-order valence-corrected chi connectivity index (χ4v) is 7.68. The first-order valence-electron chi connectivity index (χ1n) is 12.1. The molecule has 1 amide bonds. The molecular formula is C27H19F2N5O3S4. The summed E-state index contributed by atoms with van der Waals surface area (Å²) in [6, 6.07) is 7.51. The predicted octanol–water partition coefficient (Wildman–Crippen LogP) is 5.81. The second kappa shape index (κ2) is 11.3. The topological polar surface area (TPSA) is 96.4 Å². The number of hydrogen-bond acceptors (Lipinski definition) is 9. The number of fused-ring (bicyclic) bond motifs is 1. The molecule has 3 aromatic heterocycles. The van der Waals surface area contributed by atoms with Gasteiger partial charge in [-0.25, -0.2) is 32.2 Å². The molecule has 41 heavy (non-hydrogen) atoms. The first kappa shape index (κ1) is 27.5. The number of aromatic nitrogens is 3. The lowest BCUT2D eigenvalue weighted by Gasteiger charge is -2.22. The second-order valence-electron chi connectivity index (χ2n) is 8.86. The Labute approximate surface area is 246 Å². The van der Waals surface area contributed by atoms with Crippen LogP contribution in [0, 0.1) is 11.6 Å². The number of amides is 1. The van der Waals surface area contributed by atoms with Gasteiger partial charge in [-0.05, 0) is 30.3 Å². The number of anilines is 1. The number of rotatable bonds is 9. The maximum Gasteiger partial charge on any atom is 0.259 e. The van der Waals surface area contributed by atoms with Gasteiger partial charge in [-0.2, -0.15) is 4.31 Å². The Morgan fingerprint density at radius 3 is 2.29 bits per heavy atom. The number of sulfonamides is 1. The van der Waals surface area contributed by atoms with Gasteiger partial charge in [0.1, 0.15) is 26.7 Å². The first-order chi connectivity index (χ1) is 19.8. The maximum absolute atomic E-state index is 14.6. The van der Waals surface area contributed by atoms with Crippen LogP contribution in [0.2, 0.25) is 0 Å². The summed E-state index contributed by atoms with van der Waals surface area (Å²) < 4.78 is 57.3. The first-order valence-corrected chi connectivity index (χ1v) is 16.2. The third-order valence-electron chi connectivity index (χ3n) is 6.32. The van der Waals surface area contributed by atoms with Gasteiger partial charge in [0, 0.05) is 58.5 Å². The average molecular weight is 628 g/mol. The molecule has 208 valence electrons. The van der Waals surface area contributed by atoms with Crippen molar-refractivity contribution >= 4 is 67.3 Å². The molecule has 2 aromatic carbocycles. The van der Waals surface area contributed by atoms with Gasteiger partial charge in [-0.1, -0.05) is 6.07 Å². The quantitative estimate of drug-likeness (QED) is 0.191. The highest BCUT2D eigenvalue weighted by molar-refractivity contribution is 7.89. The monoisotopic (exact) mass is 627 g/mol. The standard InChI is InChI=1S/C27H19F2N5O3S4/c28-18-2-1-17(22(29)11-18)14-33(15-25-31-6-9-39-25)41(36,37)19-3-4-23-20(12-19)21(13-24-30-5-8-38-24)27(35)34(23)16-26-32-7-10-40-26/h1-13H,14-16H2/b21-13+. The zero-order valence-electron chi connectivity index (χ0n) is 21.0. The number of nitrogens with zero attached hydrogens (tertiary/aromatic N) is 5. The summed E-state index contributed by atoms with van der Waals surface area (Å²) >= 11 is 4.03. The van der Waals surface area contributed by atoms with Crippen molar-refractivity contribution < 1.29 is 22.0 Å². The van der Waals surface area contributed by atoms with Crippen molar-refractivity contribution in [1.82, 2.24) is 19.3 Å². The fraction of sp³-hybridized carbons (Fsp3) is 0.111. The molecule has 0 radical (unpaired) electrons. The summed E-state index contributed by atoms with van der Waals surface area (Å²) in [7, 11) is -4.23. The van der Waals surface area contributed by atoms with Gasteiger partial charge in [0.25, 0.3) is 5.91 Å². The van der Waals surface area contributed by atoms with E-state index >= 15 is 0 Å². The van der Waals surface area contributed by atoms with Crippen LogP contribution in [-0.2, 0) is 34.5 Å². The Bertz CT molecular complexity index is 1840. The van der Waals surface area contributed by atoms with Crippen molar-refractivity contribution in [3.8, 4) is 0 Å². The molecule has 0 aliphatic carbocycles. The van der Waals surface area contributed by atoms with E-state index in [9.17, 15) is 22.0 Å². The van der Waals surface area contributed by atoms with Gasteiger partial charge in [-0.3, -0.25) is 4.79 Å². The van der Waals surface area contributed by atoms with Gasteiger partial charge in [0.2, 0.25) is 10.0 Å². The summed E-state index contributed by atoms with van der Waals surface area (Å²) in [6.45, 7) is -0.238. The van der Waals surface area contributed by atoms with Crippen molar-refractivity contribution in [2.24, 2.45) is 0 Å². The summed E-state index contributed by atoms with van der Waals surface area (Å²) in [5, 5.41) is 7.15. The highest BCUT2D eigenvalue weighted by atomic mass is 32.2. The van der Waals surface area contributed by atoms with Crippen LogP contribution in [0.5, 0.6) is 0 Å². The fourth-order valence-electron chi connectivity index (χ4n) is 4.39. The van der Waals surface area contributed by atoms with Crippen LogP contribution < -0.4 is 4.90 Å². The molecule has 0 atom stereocenters. The number of benzene rings is 2. The molecule has 0 saturated heterocycles. The SMILES string of the molecule is O=C1/C(=C/c2nccs2)c2cc(S(=O)(=O)N(Cc3nccs3)Cc3ccc(F)cc3F)ccc2N1Cc1nccs1. The largest absolute Gasteiger partial charge is 0.301 e. The maximum atomic E-state index is 14.6. The van der Waals surface area contributed by atoms with Crippen LogP contribution in [0.3, 0.4) is 0 Å². The van der Waals surface area contributed by atoms with Crippen LogP contribution in [0.25, 0.3) is 11.6 Å². The molecule has 14 heteroatoms. The zero-order valence-corrected chi connectivity index (χ0v) is 24.2. The molecule has 0 saturated carbocycles. The van der Waals surface area contributed by atoms with E-state index in [4.69, 9.17) is 0 Å². The summed E-state index contributed by atoms with van der Waals surface area (Å²) in [4.78, 5) is 27.8. The minimum Gasteiger partial charge on any atom is -0.301 e. The Kier molecular flexibility index (Phi) is 7.57. The van der Waals surface area contributed by atoms with E-state index in [2.05, 4.69) is 15.0 Å². The smallest absolute Gasteiger partial charge is 0.259 e. The Morgan fingerprint density at radius 2 is 1.61 bits per heavy atom. The molecule has 1 aliphatic rings. The van der Waals surface area contributed by atoms with Crippen LogP contribution >= 0.6 is 34.0 Å². The highest BCUT2D eigenvalue weighted by Crippen LogP contribution is 2.41. The number of hydrogen-bond donors (Lipinski definition) is 0. The predicted molar refractivity (Wildman–Crippen MR) is 155 cm³/mol. The van der Waals surface area contributed by atoms with E-state index in [1.54, 1.807) is 46.4 Å². The van der Waals surface area contributed by atoms with Crippen LogP contribution in [-0.4, -0.2) is 33.6 Å². The van der Waals surface area contributed by atoms with Crippen LogP contribution in [0.1, 0.15) is 26.1 Å². The lowest BCUT2D eigenvalue weighted by atomic mass is 10.1. The van der Waals surface area contributed by atoms with Gasteiger partial charge in [0.15, 0.2) is 0 Å². The third-order valence-corrected chi connectivity index (χ3v) is 10.4. The van der Waals surface area contributed by atoms with E-state index in [0.717, 1.165) is 21.4 Å². The minimum atomic E-state index is -4.23. The van der Waals surface area contributed by atoms with Crippen molar-refractivity contribution in [1.29, 1.82) is 0 Å². The van der Waals surface area contributed by atoms with Gasteiger partial charge in [0.05, 0.1) is 29.2 Å². The summed E-state index contributed by atoms with van der Waals surface area (Å²) in [6.07, 6.45) is 6.48. The number of carbonyl (C=O) groups excluding carboxylic acids is 1. The normalized spacial score (nSPS) is 14.4. The van der Waals surface area contributed by atoms with E-state index in [1.807, 2.05) is 5.38 Å². The number of thiazole rings is 3. The molecule has 5 aromatic rings. The molecule has 8 nitrogen and oxygen atoms in total.